The van der Waals surface area contributed by atoms with E-state index in [2.05, 4.69) is 41.0 Å². The van der Waals surface area contributed by atoms with Gasteiger partial charge in [-0.15, -0.1) is 11.3 Å². The number of amides is 1. The molecular weight excluding hydrogens is 450 g/mol. The van der Waals surface area contributed by atoms with E-state index in [9.17, 15) is 9.59 Å². The van der Waals surface area contributed by atoms with Crippen LogP contribution < -0.4 is 16.1 Å². The molecule has 2 aromatic carbocycles. The predicted octanol–water partition coefficient (Wildman–Crippen LogP) is 4.27. The van der Waals surface area contributed by atoms with Crippen LogP contribution in [0.2, 0.25) is 0 Å². The Morgan fingerprint density at radius 1 is 1.00 bits per heavy atom. The Labute approximate surface area is 203 Å². The zero-order chi connectivity index (χ0) is 23.9. The average molecular weight is 482 g/mol. The Balaban J connectivity index is 1.21. The van der Waals surface area contributed by atoms with Crippen molar-refractivity contribution in [1.29, 1.82) is 0 Å². The molecule has 34 heavy (non-hydrogen) atoms. The molecule has 0 spiro atoms. The topological polar surface area (TPSA) is 99.7 Å². The molecule has 1 heterocycles. The number of fused-ring (bicyclic) bond motifs is 1. The molecule has 180 valence electrons. The molecule has 1 amide bonds. The van der Waals surface area contributed by atoms with Crippen molar-refractivity contribution in [3.8, 4) is 0 Å². The Bertz CT molecular complexity index is 1120. The predicted molar refractivity (Wildman–Crippen MR) is 133 cm³/mol. The molecule has 0 unspecified atom stereocenters. The monoisotopic (exact) mass is 481 g/mol. The lowest BCUT2D eigenvalue weighted by Gasteiger charge is -2.17. The van der Waals surface area contributed by atoms with E-state index >= 15 is 0 Å². The third kappa shape index (κ3) is 6.42. The van der Waals surface area contributed by atoms with E-state index in [1.165, 1.54) is 16.9 Å². The minimum atomic E-state index is -0.488. The van der Waals surface area contributed by atoms with Gasteiger partial charge in [0, 0.05) is 24.3 Å². The van der Waals surface area contributed by atoms with Gasteiger partial charge in [0.25, 0.3) is 5.91 Å². The van der Waals surface area contributed by atoms with Crippen LogP contribution in [0, 0.1) is 0 Å². The third-order valence-electron chi connectivity index (χ3n) is 6.14. The zero-order valence-electron chi connectivity index (χ0n) is 19.3. The summed E-state index contributed by atoms with van der Waals surface area (Å²) >= 11 is 1.36. The number of benzene rings is 2. The summed E-state index contributed by atoms with van der Waals surface area (Å²) in [5, 5.41) is 16.5. The summed E-state index contributed by atoms with van der Waals surface area (Å²) in [6.45, 7) is 3.91. The molecule has 1 aromatic heterocycles. The number of hydrogen-bond acceptors (Lipinski definition) is 7. The Morgan fingerprint density at radius 2 is 1.65 bits per heavy atom. The van der Waals surface area contributed by atoms with Crippen molar-refractivity contribution in [2.45, 2.75) is 64.4 Å². The molecule has 1 aliphatic carbocycles. The highest BCUT2D eigenvalue weighted by atomic mass is 32.1. The van der Waals surface area contributed by atoms with Gasteiger partial charge in [-0.2, -0.15) is 0 Å². The van der Waals surface area contributed by atoms with Crippen molar-refractivity contribution in [1.82, 2.24) is 16.1 Å². The van der Waals surface area contributed by atoms with Crippen molar-refractivity contribution >= 4 is 33.3 Å². The van der Waals surface area contributed by atoms with Crippen molar-refractivity contribution < 1.29 is 19.5 Å². The lowest BCUT2D eigenvalue weighted by molar-refractivity contribution is -0.150. The molecule has 1 atom stereocenters. The van der Waals surface area contributed by atoms with Gasteiger partial charge in [-0.25, -0.2) is 5.48 Å². The zero-order valence-corrected chi connectivity index (χ0v) is 20.1. The number of carbonyl (C=O) groups excluding carboxylic acids is 2. The number of hydroxylamine groups is 1. The van der Waals surface area contributed by atoms with Crippen molar-refractivity contribution in [3.63, 3.8) is 0 Å². The molecule has 1 fully saturated rings. The van der Waals surface area contributed by atoms with Gasteiger partial charge in [0.15, 0.2) is 0 Å². The molecule has 1 aliphatic rings. The first-order chi connectivity index (χ1) is 16.5. The molecule has 0 aliphatic heterocycles. The minimum Gasteiger partial charge on any atom is -0.461 e. The summed E-state index contributed by atoms with van der Waals surface area (Å²) in [6.07, 6.45) is 4.37. The van der Waals surface area contributed by atoms with Gasteiger partial charge in [0.2, 0.25) is 0 Å². The quantitative estimate of drug-likeness (QED) is 0.196. The van der Waals surface area contributed by atoms with Crippen LogP contribution >= 0.6 is 11.3 Å². The number of hydrogen-bond donors (Lipinski definition) is 4. The van der Waals surface area contributed by atoms with Gasteiger partial charge >= 0.3 is 5.97 Å². The van der Waals surface area contributed by atoms with Crippen LogP contribution in [0.15, 0.2) is 48.5 Å². The molecule has 4 rings (SSSR count). The molecule has 7 nitrogen and oxygen atoms in total. The smallest absolute Gasteiger partial charge is 0.323 e. The summed E-state index contributed by atoms with van der Waals surface area (Å²) in [4.78, 5) is 24.3. The first kappa shape index (κ1) is 24.3. The third-order valence-corrected chi connectivity index (χ3v) is 7.24. The van der Waals surface area contributed by atoms with E-state index in [0.29, 0.717) is 18.0 Å². The first-order valence-electron chi connectivity index (χ1n) is 11.7. The lowest BCUT2D eigenvalue weighted by Crippen LogP contribution is -2.36. The molecule has 4 N–H and O–H groups in total. The van der Waals surface area contributed by atoms with Gasteiger partial charge < -0.3 is 15.4 Å². The number of esters is 1. The van der Waals surface area contributed by atoms with E-state index in [1.54, 1.807) is 11.5 Å². The Hall–Kier alpha value is -2.78. The number of ether oxygens (including phenoxy) is 1. The largest absolute Gasteiger partial charge is 0.461 e. The summed E-state index contributed by atoms with van der Waals surface area (Å²) in [5.74, 6) is -0.653. The average Bonchev–Trinajstić information content (AvgIpc) is 3.52. The SMILES string of the molecule is C[C@H](NCc1ccc(CNCc2ccc3cc(C(=O)NO)sc3c2)cc1)C(=O)OC1CCCC1. The van der Waals surface area contributed by atoms with Crippen LogP contribution in [-0.2, 0) is 29.2 Å². The standard InChI is InChI=1S/C26H31N3O4S/c1-17(26(31)33-22-4-2-3-5-22)28-16-19-8-6-18(7-9-19)14-27-15-20-10-11-21-13-24(25(30)29-32)34-23(21)12-20/h6-13,17,22,27-28,32H,2-5,14-16H2,1H3,(H,29,30)/t17-/m0/s1. The molecule has 1 saturated carbocycles. The number of thiophene rings is 1. The van der Waals surface area contributed by atoms with E-state index in [4.69, 9.17) is 9.94 Å². The second-order valence-electron chi connectivity index (χ2n) is 8.79. The second-order valence-corrected chi connectivity index (χ2v) is 9.87. The van der Waals surface area contributed by atoms with E-state index in [1.807, 2.05) is 19.1 Å². The second kappa shape index (κ2) is 11.6. The molecule has 8 heteroatoms. The fourth-order valence-corrected chi connectivity index (χ4v) is 5.12. The normalized spacial score (nSPS) is 14.9. The van der Waals surface area contributed by atoms with Crippen molar-refractivity contribution in [2.75, 3.05) is 0 Å². The Kier molecular flexibility index (Phi) is 8.29. The van der Waals surface area contributed by atoms with Gasteiger partial charge in [0.1, 0.15) is 12.1 Å². The van der Waals surface area contributed by atoms with Crippen LogP contribution in [0.4, 0.5) is 0 Å². The summed E-state index contributed by atoms with van der Waals surface area (Å²) < 4.78 is 6.58. The lowest BCUT2D eigenvalue weighted by atomic mass is 10.1. The molecule has 0 bridgehead atoms. The highest BCUT2D eigenvalue weighted by Gasteiger charge is 2.22. The highest BCUT2D eigenvalue weighted by Crippen LogP contribution is 2.26. The van der Waals surface area contributed by atoms with Gasteiger partial charge in [0.05, 0.1) is 4.88 Å². The van der Waals surface area contributed by atoms with Crippen LogP contribution in [0.25, 0.3) is 10.1 Å². The maximum atomic E-state index is 12.2. The number of rotatable bonds is 10. The van der Waals surface area contributed by atoms with E-state index in [0.717, 1.165) is 53.4 Å². The number of carbonyl (C=O) groups is 2. The molecule has 0 saturated heterocycles. The maximum absolute atomic E-state index is 12.2. The van der Waals surface area contributed by atoms with E-state index < -0.39 is 5.91 Å². The maximum Gasteiger partial charge on any atom is 0.323 e. The van der Waals surface area contributed by atoms with Crippen molar-refractivity contribution in [2.24, 2.45) is 0 Å². The fourth-order valence-electron chi connectivity index (χ4n) is 4.11. The van der Waals surface area contributed by atoms with E-state index in [-0.39, 0.29) is 18.1 Å². The van der Waals surface area contributed by atoms with Gasteiger partial charge in [-0.3, -0.25) is 14.8 Å². The molecular formula is C26H31N3O4S. The van der Waals surface area contributed by atoms with Crippen LogP contribution in [0.1, 0.15) is 59.0 Å². The van der Waals surface area contributed by atoms with Gasteiger partial charge in [-0.1, -0.05) is 36.4 Å². The summed E-state index contributed by atoms with van der Waals surface area (Å²) in [7, 11) is 0. The van der Waals surface area contributed by atoms with Crippen LogP contribution in [0.3, 0.4) is 0 Å². The van der Waals surface area contributed by atoms with Crippen LogP contribution in [0.5, 0.6) is 0 Å². The summed E-state index contributed by atoms with van der Waals surface area (Å²) in [6, 6.07) is 15.9. The first-order valence-corrected chi connectivity index (χ1v) is 12.5. The summed E-state index contributed by atoms with van der Waals surface area (Å²) in [5.41, 5.74) is 5.11. The van der Waals surface area contributed by atoms with Crippen molar-refractivity contribution in [3.05, 3.63) is 70.1 Å². The fraction of sp³-hybridized carbons (Fsp3) is 0.385. The highest BCUT2D eigenvalue weighted by molar-refractivity contribution is 7.20. The van der Waals surface area contributed by atoms with Crippen LogP contribution in [-0.4, -0.2) is 29.2 Å². The van der Waals surface area contributed by atoms with Gasteiger partial charge in [-0.05, 0) is 66.8 Å². The Morgan fingerprint density at radius 3 is 2.35 bits per heavy atom. The molecule has 0 radical (unpaired) electrons. The molecule has 3 aromatic rings. The minimum absolute atomic E-state index is 0.0981. The number of nitrogens with one attached hydrogen (secondary N) is 3.